The quantitative estimate of drug-likeness (QED) is 0.0735. The summed E-state index contributed by atoms with van der Waals surface area (Å²) >= 11 is 0. The van der Waals surface area contributed by atoms with Crippen molar-refractivity contribution in [1.82, 2.24) is 0 Å². The van der Waals surface area contributed by atoms with Crippen LogP contribution < -0.4 is 0 Å². The average Bonchev–Trinajstić information content (AvgIpc) is 3.43. The molecule has 3 aliphatic rings. The summed E-state index contributed by atoms with van der Waals surface area (Å²) in [7, 11) is 0. The summed E-state index contributed by atoms with van der Waals surface area (Å²) in [5.41, 5.74) is 0.0677. The molecule has 14 atom stereocenters. The topological polar surface area (TPSA) is 287 Å². The van der Waals surface area contributed by atoms with Gasteiger partial charge in [0.05, 0.1) is 24.3 Å². The van der Waals surface area contributed by atoms with E-state index in [1.165, 1.54) is 36.4 Å². The minimum Gasteiger partial charge on any atom is -0.463 e. The zero-order valence-corrected chi connectivity index (χ0v) is 28.2. The number of benzene rings is 2. The highest BCUT2D eigenvalue weighted by atomic mass is 16.8. The number of rotatable bonds is 13. The lowest BCUT2D eigenvalue weighted by atomic mass is 9.96. The van der Waals surface area contributed by atoms with Crippen LogP contribution in [0.25, 0.3) is 0 Å². The van der Waals surface area contributed by atoms with Crippen LogP contribution in [-0.4, -0.2) is 171 Å². The maximum absolute atomic E-state index is 13.2. The summed E-state index contributed by atoms with van der Waals surface area (Å²) in [6.07, 6.45) is -23.9. The van der Waals surface area contributed by atoms with Crippen molar-refractivity contribution in [3.05, 3.63) is 71.8 Å². The third kappa shape index (κ3) is 8.84. The van der Waals surface area contributed by atoms with E-state index in [0.717, 1.165) is 6.92 Å². The number of ether oxygens (including phenoxy) is 8. The van der Waals surface area contributed by atoms with Gasteiger partial charge in [0.2, 0.25) is 5.79 Å². The average molecular weight is 755 g/mol. The molecule has 3 heterocycles. The number of carbonyl (C=O) groups excluding carboxylic acids is 3. The summed E-state index contributed by atoms with van der Waals surface area (Å²) in [5.74, 6) is -5.36. The highest BCUT2D eigenvalue weighted by Gasteiger charge is 2.62. The Hall–Kier alpha value is -3.67. The molecule has 3 saturated heterocycles. The molecular formula is C34H42O19. The second-order valence-corrected chi connectivity index (χ2v) is 12.5. The maximum Gasteiger partial charge on any atom is 0.338 e. The molecule has 3 aliphatic heterocycles. The van der Waals surface area contributed by atoms with Crippen LogP contribution in [0, 0.1) is 0 Å². The maximum atomic E-state index is 13.2. The van der Waals surface area contributed by atoms with Crippen LogP contribution in [0.2, 0.25) is 0 Å². The Morgan fingerprint density at radius 2 is 1.23 bits per heavy atom. The Bertz CT molecular complexity index is 1510. The Morgan fingerprint density at radius 1 is 0.660 bits per heavy atom. The predicted molar refractivity (Wildman–Crippen MR) is 170 cm³/mol. The molecule has 19 heteroatoms. The summed E-state index contributed by atoms with van der Waals surface area (Å²) in [4.78, 5) is 38.2. The second kappa shape index (κ2) is 17.6. The monoisotopic (exact) mass is 754 g/mol. The highest BCUT2D eigenvalue weighted by Crippen LogP contribution is 2.40. The fraction of sp³-hybridized carbons (Fsp3) is 0.559. The number of hydrogen-bond acceptors (Lipinski definition) is 19. The van der Waals surface area contributed by atoms with Crippen molar-refractivity contribution in [2.45, 2.75) is 92.4 Å². The third-order valence-electron chi connectivity index (χ3n) is 8.89. The lowest BCUT2D eigenvalue weighted by molar-refractivity contribution is -0.407. The Kier molecular flexibility index (Phi) is 13.5. The van der Waals surface area contributed by atoms with Gasteiger partial charge in [-0.3, -0.25) is 4.79 Å². The van der Waals surface area contributed by atoms with Gasteiger partial charge >= 0.3 is 17.9 Å². The third-order valence-corrected chi connectivity index (χ3v) is 8.89. The van der Waals surface area contributed by atoms with E-state index in [9.17, 15) is 55.2 Å². The lowest BCUT2D eigenvalue weighted by Crippen LogP contribution is -2.67. The van der Waals surface area contributed by atoms with Gasteiger partial charge in [0.1, 0.15) is 68.1 Å². The molecule has 8 N–H and O–H groups in total. The van der Waals surface area contributed by atoms with Crippen LogP contribution in [0.15, 0.2) is 60.7 Å². The standard InChI is InChI=1S/C34H42O19/c1-16(38)46-14-21-27(49-30(44)17-8-4-2-5-9-17)26(43)28(50-32-25(42)24(41)22(39)19(12-35)47-32)33(48-21)53-34(15-37)29(23(40)20(13-36)52-34)51-31(45)18-10-6-3-7-11-18/h2-11,19-29,32-33,35-37,39-43H,12-15H2,1H3. The van der Waals surface area contributed by atoms with Crippen molar-refractivity contribution >= 4 is 17.9 Å². The first kappa shape index (κ1) is 40.5. The number of aliphatic hydroxyl groups excluding tert-OH is 8. The summed E-state index contributed by atoms with van der Waals surface area (Å²) in [6, 6.07) is 15.0. The molecule has 0 aromatic heterocycles. The van der Waals surface area contributed by atoms with E-state index in [1.807, 2.05) is 0 Å². The lowest BCUT2D eigenvalue weighted by Gasteiger charge is -2.48. The van der Waals surface area contributed by atoms with E-state index in [1.54, 1.807) is 24.3 Å². The molecule has 0 amide bonds. The molecule has 0 bridgehead atoms. The summed E-state index contributed by atoms with van der Waals surface area (Å²) < 4.78 is 45.4. The first-order valence-electron chi connectivity index (χ1n) is 16.5. The van der Waals surface area contributed by atoms with Gasteiger partial charge in [-0.1, -0.05) is 36.4 Å². The van der Waals surface area contributed by atoms with Gasteiger partial charge in [-0.25, -0.2) is 9.59 Å². The van der Waals surface area contributed by atoms with E-state index >= 15 is 0 Å². The highest BCUT2D eigenvalue weighted by molar-refractivity contribution is 5.90. The van der Waals surface area contributed by atoms with Crippen LogP contribution >= 0.6 is 0 Å². The minimum atomic E-state index is -2.59. The first-order valence-corrected chi connectivity index (χ1v) is 16.5. The largest absolute Gasteiger partial charge is 0.463 e. The van der Waals surface area contributed by atoms with Gasteiger partial charge in [-0.2, -0.15) is 0 Å². The van der Waals surface area contributed by atoms with Gasteiger partial charge in [0, 0.05) is 6.92 Å². The molecule has 2 aromatic rings. The van der Waals surface area contributed by atoms with Crippen LogP contribution in [0.1, 0.15) is 27.6 Å². The molecule has 0 aliphatic carbocycles. The van der Waals surface area contributed by atoms with Crippen molar-refractivity contribution < 1.29 is 93.1 Å². The van der Waals surface area contributed by atoms with Gasteiger partial charge < -0.3 is 78.7 Å². The molecule has 0 saturated carbocycles. The van der Waals surface area contributed by atoms with Crippen LogP contribution in [0.5, 0.6) is 0 Å². The summed E-state index contributed by atoms with van der Waals surface area (Å²) in [5, 5.41) is 84.9. The predicted octanol–water partition coefficient (Wildman–Crippen LogP) is -3.27. The van der Waals surface area contributed by atoms with Crippen molar-refractivity contribution in [3.63, 3.8) is 0 Å². The number of hydrogen-bond donors (Lipinski definition) is 8. The number of carbonyl (C=O) groups is 3. The van der Waals surface area contributed by atoms with Gasteiger partial charge in [0.25, 0.3) is 0 Å². The van der Waals surface area contributed by atoms with E-state index in [4.69, 9.17) is 37.9 Å². The second-order valence-electron chi connectivity index (χ2n) is 12.5. The smallest absolute Gasteiger partial charge is 0.338 e. The molecule has 5 rings (SSSR count). The fourth-order valence-electron chi connectivity index (χ4n) is 6.08. The molecule has 2 aromatic carbocycles. The number of aliphatic hydroxyl groups is 8. The fourth-order valence-corrected chi connectivity index (χ4v) is 6.08. The zero-order valence-electron chi connectivity index (χ0n) is 28.2. The van der Waals surface area contributed by atoms with E-state index in [-0.39, 0.29) is 11.1 Å². The Labute approximate surface area is 301 Å². The molecule has 3 fully saturated rings. The van der Waals surface area contributed by atoms with Crippen LogP contribution in [0.3, 0.4) is 0 Å². The molecular weight excluding hydrogens is 712 g/mol. The van der Waals surface area contributed by atoms with Crippen LogP contribution in [-0.2, 0) is 42.7 Å². The zero-order chi connectivity index (χ0) is 38.4. The number of esters is 3. The Morgan fingerprint density at radius 3 is 1.77 bits per heavy atom. The minimum absolute atomic E-state index is 0.0247. The van der Waals surface area contributed by atoms with Crippen molar-refractivity contribution in [2.24, 2.45) is 0 Å². The normalized spacial score (nSPS) is 37.1. The van der Waals surface area contributed by atoms with Crippen molar-refractivity contribution in [3.8, 4) is 0 Å². The molecule has 0 spiro atoms. The van der Waals surface area contributed by atoms with E-state index in [2.05, 4.69) is 0 Å². The summed E-state index contributed by atoms with van der Waals surface area (Å²) in [6.45, 7) is -2.52. The Balaban J connectivity index is 1.53. The molecule has 0 radical (unpaired) electrons. The van der Waals surface area contributed by atoms with E-state index < -0.39 is 130 Å². The van der Waals surface area contributed by atoms with Crippen molar-refractivity contribution in [1.29, 1.82) is 0 Å². The molecule has 14 unspecified atom stereocenters. The molecule has 19 nitrogen and oxygen atoms in total. The van der Waals surface area contributed by atoms with Gasteiger partial charge in [0.15, 0.2) is 24.8 Å². The van der Waals surface area contributed by atoms with E-state index in [0.29, 0.717) is 0 Å². The SMILES string of the molecule is CC(=O)OCC1OC(OC2(CO)OC(CO)C(O)C2OC(=O)c2ccccc2)C(OC2OC(CO)C(O)C(O)C2O)C(O)C1OC(=O)c1ccccc1. The van der Waals surface area contributed by atoms with Gasteiger partial charge in [-0.05, 0) is 24.3 Å². The van der Waals surface area contributed by atoms with Gasteiger partial charge in [-0.15, -0.1) is 0 Å². The first-order chi connectivity index (χ1) is 25.3. The van der Waals surface area contributed by atoms with Crippen LogP contribution in [0.4, 0.5) is 0 Å². The molecule has 53 heavy (non-hydrogen) atoms. The van der Waals surface area contributed by atoms with Crippen molar-refractivity contribution in [2.75, 3.05) is 26.4 Å². The molecule has 292 valence electrons.